The number of carbonyl (C=O) groups excluding carboxylic acids is 1. The first-order valence-electron chi connectivity index (χ1n) is 6.93. The first-order valence-corrected chi connectivity index (χ1v) is 8.32. The predicted molar refractivity (Wildman–Crippen MR) is 84.7 cm³/mol. The van der Waals surface area contributed by atoms with Crippen LogP contribution in [0.1, 0.15) is 22.3 Å². The average Bonchev–Trinajstić information content (AvgIpc) is 3.05. The van der Waals surface area contributed by atoms with Crippen LogP contribution in [0.4, 0.5) is 0 Å². The molecule has 0 saturated carbocycles. The molecular formula is C14H19N5O2S. The normalized spacial score (nSPS) is 12.1. The van der Waals surface area contributed by atoms with E-state index >= 15 is 0 Å². The molecular weight excluding hydrogens is 302 g/mol. The zero-order chi connectivity index (χ0) is 15.8. The fourth-order valence-electron chi connectivity index (χ4n) is 1.94. The van der Waals surface area contributed by atoms with Crippen molar-refractivity contribution < 1.29 is 9.90 Å². The molecule has 0 unspecified atom stereocenters. The van der Waals surface area contributed by atoms with Gasteiger partial charge in [0.2, 0.25) is 0 Å². The van der Waals surface area contributed by atoms with Crippen LogP contribution in [0.25, 0.3) is 0 Å². The molecule has 2 aromatic rings. The number of aliphatic hydroxyl groups is 1. The van der Waals surface area contributed by atoms with E-state index in [2.05, 4.69) is 20.8 Å². The van der Waals surface area contributed by atoms with Crippen molar-refractivity contribution in [3.05, 3.63) is 41.7 Å². The second kappa shape index (κ2) is 8.50. The van der Waals surface area contributed by atoms with Crippen molar-refractivity contribution >= 4 is 17.7 Å². The van der Waals surface area contributed by atoms with Gasteiger partial charge in [-0.05, 0) is 46.6 Å². The topological polar surface area (TPSA) is 92.9 Å². The third-order valence-electron chi connectivity index (χ3n) is 3.18. The molecule has 118 valence electrons. The van der Waals surface area contributed by atoms with Crippen LogP contribution >= 0.6 is 11.8 Å². The quantitative estimate of drug-likeness (QED) is 0.738. The Kier molecular flexibility index (Phi) is 6.35. The number of thioether (sulfide) groups is 1. The highest BCUT2D eigenvalue weighted by Gasteiger charge is 2.12. The van der Waals surface area contributed by atoms with Gasteiger partial charge in [-0.3, -0.25) is 4.79 Å². The molecule has 0 radical (unpaired) electrons. The molecule has 2 N–H and O–H groups in total. The lowest BCUT2D eigenvalue weighted by atomic mass is 10.1. The SMILES string of the molecule is CSCC[C@H](CO)NC(=O)c1ccc(Cn2cnnn2)cc1. The first kappa shape index (κ1) is 16.4. The molecule has 1 atom stereocenters. The summed E-state index contributed by atoms with van der Waals surface area (Å²) in [5.41, 5.74) is 1.58. The lowest BCUT2D eigenvalue weighted by Crippen LogP contribution is -2.37. The van der Waals surface area contributed by atoms with Crippen molar-refractivity contribution in [3.63, 3.8) is 0 Å². The van der Waals surface area contributed by atoms with E-state index < -0.39 is 0 Å². The van der Waals surface area contributed by atoms with Crippen molar-refractivity contribution in [2.24, 2.45) is 0 Å². The number of nitrogens with zero attached hydrogens (tertiary/aromatic N) is 4. The van der Waals surface area contributed by atoms with E-state index in [1.54, 1.807) is 28.6 Å². The maximum atomic E-state index is 12.1. The second-order valence-electron chi connectivity index (χ2n) is 4.84. The minimum absolute atomic E-state index is 0.0519. The summed E-state index contributed by atoms with van der Waals surface area (Å²) < 4.78 is 1.61. The molecule has 2 rings (SSSR count). The van der Waals surface area contributed by atoms with E-state index in [-0.39, 0.29) is 18.6 Å². The molecule has 1 amide bonds. The van der Waals surface area contributed by atoms with Crippen molar-refractivity contribution in [2.45, 2.75) is 19.0 Å². The number of amides is 1. The van der Waals surface area contributed by atoms with Crippen LogP contribution in [0.2, 0.25) is 0 Å². The first-order chi connectivity index (χ1) is 10.7. The number of hydrogen-bond donors (Lipinski definition) is 2. The van der Waals surface area contributed by atoms with Gasteiger partial charge < -0.3 is 10.4 Å². The maximum absolute atomic E-state index is 12.1. The third-order valence-corrected chi connectivity index (χ3v) is 3.82. The minimum atomic E-state index is -0.208. The number of aliphatic hydroxyl groups excluding tert-OH is 1. The minimum Gasteiger partial charge on any atom is -0.394 e. The van der Waals surface area contributed by atoms with Crippen LogP contribution in [-0.4, -0.2) is 55.9 Å². The number of benzene rings is 1. The molecule has 0 spiro atoms. The fraction of sp³-hybridized carbons (Fsp3) is 0.429. The summed E-state index contributed by atoms with van der Waals surface area (Å²) in [6, 6.07) is 7.05. The highest BCUT2D eigenvalue weighted by Crippen LogP contribution is 2.07. The summed E-state index contributed by atoms with van der Waals surface area (Å²) in [6.07, 6.45) is 4.29. The predicted octanol–water partition coefficient (Wildman–Crippen LogP) is 0.565. The van der Waals surface area contributed by atoms with Gasteiger partial charge >= 0.3 is 0 Å². The Morgan fingerprint density at radius 3 is 2.77 bits per heavy atom. The Labute approximate surface area is 133 Å². The number of rotatable bonds is 8. The van der Waals surface area contributed by atoms with Gasteiger partial charge in [0.15, 0.2) is 0 Å². The van der Waals surface area contributed by atoms with E-state index in [1.807, 2.05) is 18.4 Å². The highest BCUT2D eigenvalue weighted by molar-refractivity contribution is 7.98. The van der Waals surface area contributed by atoms with Crippen LogP contribution in [0, 0.1) is 0 Å². The van der Waals surface area contributed by atoms with Gasteiger partial charge in [0.25, 0.3) is 5.91 Å². The summed E-state index contributed by atoms with van der Waals surface area (Å²) in [6.45, 7) is 0.506. The number of aromatic nitrogens is 4. The van der Waals surface area contributed by atoms with Crippen LogP contribution in [-0.2, 0) is 6.54 Å². The van der Waals surface area contributed by atoms with Crippen molar-refractivity contribution in [3.8, 4) is 0 Å². The highest BCUT2D eigenvalue weighted by atomic mass is 32.2. The molecule has 0 aliphatic heterocycles. The summed E-state index contributed by atoms with van der Waals surface area (Å²) in [4.78, 5) is 12.1. The largest absolute Gasteiger partial charge is 0.394 e. The zero-order valence-corrected chi connectivity index (χ0v) is 13.2. The molecule has 7 nitrogen and oxygen atoms in total. The molecule has 0 aliphatic rings. The fourth-order valence-corrected chi connectivity index (χ4v) is 2.46. The Balaban J connectivity index is 1.92. The molecule has 1 heterocycles. The van der Waals surface area contributed by atoms with Gasteiger partial charge in [-0.25, -0.2) is 4.68 Å². The molecule has 22 heavy (non-hydrogen) atoms. The van der Waals surface area contributed by atoms with Crippen molar-refractivity contribution in [1.82, 2.24) is 25.5 Å². The standard InChI is InChI=1S/C14H19N5O2S/c1-22-7-6-13(9-20)16-14(21)12-4-2-11(3-5-12)8-19-10-15-17-18-19/h2-5,10,13,20H,6-9H2,1H3,(H,16,21)/t13-/m1/s1. The number of hydrogen-bond acceptors (Lipinski definition) is 6. The van der Waals surface area contributed by atoms with E-state index in [0.717, 1.165) is 17.7 Å². The Morgan fingerprint density at radius 1 is 1.41 bits per heavy atom. The van der Waals surface area contributed by atoms with Crippen LogP contribution in [0.15, 0.2) is 30.6 Å². The Bertz CT molecular complexity index is 573. The Hall–Kier alpha value is -1.93. The molecule has 1 aromatic carbocycles. The Morgan fingerprint density at radius 2 is 2.18 bits per heavy atom. The average molecular weight is 321 g/mol. The van der Waals surface area contributed by atoms with Gasteiger partial charge in [0, 0.05) is 5.56 Å². The zero-order valence-electron chi connectivity index (χ0n) is 12.3. The summed E-state index contributed by atoms with van der Waals surface area (Å²) in [5.74, 6) is 0.727. The van der Waals surface area contributed by atoms with E-state index in [9.17, 15) is 9.90 Å². The molecule has 0 saturated heterocycles. The smallest absolute Gasteiger partial charge is 0.251 e. The van der Waals surface area contributed by atoms with Crippen LogP contribution in [0.3, 0.4) is 0 Å². The van der Waals surface area contributed by atoms with E-state index in [4.69, 9.17) is 0 Å². The van der Waals surface area contributed by atoms with E-state index in [1.165, 1.54) is 6.33 Å². The van der Waals surface area contributed by atoms with Crippen LogP contribution in [0.5, 0.6) is 0 Å². The summed E-state index contributed by atoms with van der Waals surface area (Å²) in [5, 5.41) is 23.1. The monoisotopic (exact) mass is 321 g/mol. The summed E-state index contributed by atoms with van der Waals surface area (Å²) >= 11 is 1.69. The van der Waals surface area contributed by atoms with Gasteiger partial charge in [-0.2, -0.15) is 11.8 Å². The lowest BCUT2D eigenvalue weighted by molar-refractivity contribution is 0.0915. The van der Waals surface area contributed by atoms with Crippen LogP contribution < -0.4 is 5.32 Å². The number of tetrazole rings is 1. The lowest BCUT2D eigenvalue weighted by Gasteiger charge is -2.15. The van der Waals surface area contributed by atoms with E-state index in [0.29, 0.717) is 12.1 Å². The molecule has 0 aliphatic carbocycles. The van der Waals surface area contributed by atoms with Crippen molar-refractivity contribution in [1.29, 1.82) is 0 Å². The number of nitrogens with one attached hydrogen (secondary N) is 1. The molecule has 8 heteroatoms. The molecule has 0 bridgehead atoms. The summed E-state index contributed by atoms with van der Waals surface area (Å²) in [7, 11) is 0. The third kappa shape index (κ3) is 4.81. The van der Waals surface area contributed by atoms with Gasteiger partial charge in [0.1, 0.15) is 6.33 Å². The van der Waals surface area contributed by atoms with Crippen molar-refractivity contribution in [2.75, 3.05) is 18.6 Å². The molecule has 0 fully saturated rings. The molecule has 1 aromatic heterocycles. The van der Waals surface area contributed by atoms with Gasteiger partial charge in [0.05, 0.1) is 19.2 Å². The van der Waals surface area contributed by atoms with Gasteiger partial charge in [-0.1, -0.05) is 12.1 Å². The maximum Gasteiger partial charge on any atom is 0.251 e. The number of carbonyl (C=O) groups is 1. The van der Waals surface area contributed by atoms with Gasteiger partial charge in [-0.15, -0.1) is 5.10 Å². The second-order valence-corrected chi connectivity index (χ2v) is 5.82.